The van der Waals surface area contributed by atoms with Crippen LogP contribution in [0.3, 0.4) is 0 Å². The van der Waals surface area contributed by atoms with Crippen molar-refractivity contribution >= 4 is 18.0 Å². The van der Waals surface area contributed by atoms with Crippen LogP contribution in [-0.4, -0.2) is 68.2 Å². The predicted molar refractivity (Wildman–Crippen MR) is 113 cm³/mol. The first-order valence-electron chi connectivity index (χ1n) is 10.2. The second kappa shape index (κ2) is 12.7. The zero-order valence-corrected chi connectivity index (χ0v) is 19.6. The molecule has 0 spiro atoms. The van der Waals surface area contributed by atoms with Gasteiger partial charge in [0.1, 0.15) is 18.8 Å². The van der Waals surface area contributed by atoms with Gasteiger partial charge in [-0.1, -0.05) is 27.7 Å². The number of carbonyl (C=O) groups excluding carboxylic acids is 2. The summed E-state index contributed by atoms with van der Waals surface area (Å²) in [6.07, 6.45) is 1.04. The molecular weight excluding hydrogens is 392 g/mol. The average Bonchev–Trinajstić information content (AvgIpc) is 2.51. The highest BCUT2D eigenvalue weighted by Crippen LogP contribution is 2.24. The van der Waals surface area contributed by atoms with E-state index in [0.717, 1.165) is 6.42 Å². The van der Waals surface area contributed by atoms with Gasteiger partial charge in [-0.05, 0) is 44.4 Å². The van der Waals surface area contributed by atoms with Crippen LogP contribution in [-0.2, 0) is 23.8 Å². The molecule has 176 valence electrons. The zero-order valence-electron chi connectivity index (χ0n) is 19.6. The molecule has 9 heteroatoms. The molecule has 2 amide bonds. The van der Waals surface area contributed by atoms with Gasteiger partial charge in [0.05, 0.1) is 13.2 Å². The molecule has 0 aromatic carbocycles. The standard InChI is InChI=1S/C21H40N2O7/c1-19(2,3)30-18(27)23-11-9-21(6,7)15-29-14-20(4,5)8-10-22-16(24)12-28-13-17(25)26/h8-15H2,1-7H3,(H,22,24)(H,23,27)(H,25,26). The number of amides is 2. The number of hydrogen-bond donors (Lipinski definition) is 3. The van der Waals surface area contributed by atoms with E-state index < -0.39 is 24.3 Å². The smallest absolute Gasteiger partial charge is 0.407 e. The Kier molecular flexibility index (Phi) is 11.9. The second-order valence-electron chi connectivity index (χ2n) is 9.99. The molecule has 0 bridgehead atoms. The number of rotatable bonds is 14. The summed E-state index contributed by atoms with van der Waals surface area (Å²) in [5.74, 6) is -1.45. The number of alkyl carbamates (subject to hydrolysis) is 1. The maximum absolute atomic E-state index is 11.7. The third-order valence-corrected chi connectivity index (χ3v) is 4.04. The Balaban J connectivity index is 4.04. The van der Waals surface area contributed by atoms with Crippen LogP contribution in [0.25, 0.3) is 0 Å². The lowest BCUT2D eigenvalue weighted by Gasteiger charge is -2.29. The van der Waals surface area contributed by atoms with Crippen molar-refractivity contribution in [2.24, 2.45) is 10.8 Å². The molecule has 0 aliphatic carbocycles. The van der Waals surface area contributed by atoms with Gasteiger partial charge in [0.15, 0.2) is 0 Å². The van der Waals surface area contributed by atoms with Gasteiger partial charge < -0.3 is 30.0 Å². The molecule has 0 aromatic rings. The largest absolute Gasteiger partial charge is 0.480 e. The van der Waals surface area contributed by atoms with Crippen molar-refractivity contribution in [1.82, 2.24) is 10.6 Å². The quantitative estimate of drug-likeness (QED) is 0.385. The molecular formula is C21H40N2O7. The van der Waals surface area contributed by atoms with E-state index in [1.54, 1.807) is 0 Å². The molecule has 0 saturated carbocycles. The van der Waals surface area contributed by atoms with Gasteiger partial charge in [0, 0.05) is 13.1 Å². The second-order valence-corrected chi connectivity index (χ2v) is 9.99. The van der Waals surface area contributed by atoms with Gasteiger partial charge in [-0.25, -0.2) is 9.59 Å². The topological polar surface area (TPSA) is 123 Å². The number of ether oxygens (including phenoxy) is 3. The monoisotopic (exact) mass is 432 g/mol. The van der Waals surface area contributed by atoms with E-state index in [4.69, 9.17) is 19.3 Å². The third kappa shape index (κ3) is 17.0. The normalized spacial score (nSPS) is 12.4. The van der Waals surface area contributed by atoms with Crippen LogP contribution in [0.15, 0.2) is 0 Å². The Morgan fingerprint density at radius 3 is 1.73 bits per heavy atom. The summed E-state index contributed by atoms with van der Waals surface area (Å²) < 4.78 is 15.9. The Bertz CT molecular complexity index is 554. The fourth-order valence-electron chi connectivity index (χ4n) is 2.39. The van der Waals surface area contributed by atoms with Crippen LogP contribution in [0, 0.1) is 10.8 Å². The highest BCUT2D eigenvalue weighted by Gasteiger charge is 2.23. The van der Waals surface area contributed by atoms with E-state index in [9.17, 15) is 14.4 Å². The van der Waals surface area contributed by atoms with E-state index in [-0.39, 0.29) is 23.3 Å². The van der Waals surface area contributed by atoms with Crippen molar-refractivity contribution in [1.29, 1.82) is 0 Å². The summed E-state index contributed by atoms with van der Waals surface area (Å²) in [6, 6.07) is 0. The number of nitrogens with one attached hydrogen (secondary N) is 2. The van der Waals surface area contributed by atoms with Crippen LogP contribution in [0.5, 0.6) is 0 Å². The minimum atomic E-state index is -1.11. The van der Waals surface area contributed by atoms with E-state index in [2.05, 4.69) is 38.3 Å². The number of aliphatic carboxylic acids is 1. The molecule has 0 heterocycles. The maximum atomic E-state index is 11.7. The Labute approximate surface area is 180 Å². The van der Waals surface area contributed by atoms with Crippen molar-refractivity contribution < 1.29 is 33.7 Å². The third-order valence-electron chi connectivity index (χ3n) is 4.04. The molecule has 0 aliphatic rings. The van der Waals surface area contributed by atoms with Crippen LogP contribution < -0.4 is 10.6 Å². The maximum Gasteiger partial charge on any atom is 0.407 e. The Hall–Kier alpha value is -1.87. The summed E-state index contributed by atoms with van der Waals surface area (Å²) >= 11 is 0. The summed E-state index contributed by atoms with van der Waals surface area (Å²) in [6.45, 7) is 15.0. The van der Waals surface area contributed by atoms with Gasteiger partial charge in [-0.15, -0.1) is 0 Å². The van der Waals surface area contributed by atoms with Gasteiger partial charge in [0.2, 0.25) is 5.91 Å². The van der Waals surface area contributed by atoms with Gasteiger partial charge >= 0.3 is 12.1 Å². The van der Waals surface area contributed by atoms with Crippen LogP contribution >= 0.6 is 0 Å². The van der Waals surface area contributed by atoms with Crippen LogP contribution in [0.2, 0.25) is 0 Å². The molecule has 9 nitrogen and oxygen atoms in total. The molecule has 0 rings (SSSR count). The van der Waals surface area contributed by atoms with E-state index in [1.165, 1.54) is 0 Å². The average molecular weight is 433 g/mol. The van der Waals surface area contributed by atoms with Crippen molar-refractivity contribution in [3.05, 3.63) is 0 Å². The Morgan fingerprint density at radius 2 is 1.27 bits per heavy atom. The van der Waals surface area contributed by atoms with Gasteiger partial charge in [-0.3, -0.25) is 4.79 Å². The Morgan fingerprint density at radius 1 is 0.767 bits per heavy atom. The van der Waals surface area contributed by atoms with Crippen molar-refractivity contribution in [3.8, 4) is 0 Å². The first-order chi connectivity index (χ1) is 13.6. The highest BCUT2D eigenvalue weighted by atomic mass is 16.6. The molecule has 0 aromatic heterocycles. The summed E-state index contributed by atoms with van der Waals surface area (Å²) in [7, 11) is 0. The number of hydrogen-bond acceptors (Lipinski definition) is 6. The predicted octanol–water partition coefficient (Wildman–Crippen LogP) is 2.58. The lowest BCUT2D eigenvalue weighted by molar-refractivity contribution is -0.143. The molecule has 0 fully saturated rings. The van der Waals surface area contributed by atoms with Gasteiger partial charge in [-0.2, -0.15) is 0 Å². The molecule has 0 atom stereocenters. The van der Waals surface area contributed by atoms with E-state index >= 15 is 0 Å². The first-order valence-corrected chi connectivity index (χ1v) is 10.2. The summed E-state index contributed by atoms with van der Waals surface area (Å²) in [4.78, 5) is 33.6. The molecule has 30 heavy (non-hydrogen) atoms. The molecule has 0 aliphatic heterocycles. The van der Waals surface area contributed by atoms with Crippen molar-refractivity contribution in [2.45, 2.75) is 66.9 Å². The molecule has 0 saturated heterocycles. The van der Waals surface area contributed by atoms with Crippen molar-refractivity contribution in [3.63, 3.8) is 0 Å². The SMILES string of the molecule is CC(C)(CCNC(=O)COCC(=O)O)COCC(C)(C)CCNC(=O)OC(C)(C)C. The fraction of sp³-hybridized carbons (Fsp3) is 0.857. The summed E-state index contributed by atoms with van der Waals surface area (Å²) in [5.41, 5.74) is -0.764. The van der Waals surface area contributed by atoms with E-state index in [1.807, 2.05) is 20.8 Å². The number of carbonyl (C=O) groups is 3. The minimum Gasteiger partial charge on any atom is -0.480 e. The minimum absolute atomic E-state index is 0.110. The highest BCUT2D eigenvalue weighted by molar-refractivity contribution is 5.77. The molecule has 0 radical (unpaired) electrons. The number of carboxylic acid groups (broad SMARTS) is 1. The molecule has 0 unspecified atom stereocenters. The lowest BCUT2D eigenvalue weighted by Crippen LogP contribution is -2.35. The van der Waals surface area contributed by atoms with Crippen LogP contribution in [0.4, 0.5) is 4.79 Å². The van der Waals surface area contributed by atoms with Crippen LogP contribution in [0.1, 0.15) is 61.3 Å². The number of carboxylic acids is 1. The lowest BCUT2D eigenvalue weighted by atomic mass is 9.89. The fourth-order valence-corrected chi connectivity index (χ4v) is 2.39. The first kappa shape index (κ1) is 28.1. The van der Waals surface area contributed by atoms with Crippen molar-refractivity contribution in [2.75, 3.05) is 39.5 Å². The van der Waals surface area contributed by atoms with Gasteiger partial charge in [0.25, 0.3) is 0 Å². The molecule has 3 N–H and O–H groups in total. The van der Waals surface area contributed by atoms with E-state index in [0.29, 0.717) is 32.7 Å². The summed E-state index contributed by atoms with van der Waals surface area (Å²) in [5, 5.41) is 13.9. The zero-order chi connectivity index (χ0) is 23.4.